The Morgan fingerprint density at radius 2 is 1.81 bits per heavy atom. The minimum atomic E-state index is -3.69. The Bertz CT molecular complexity index is 839. The van der Waals surface area contributed by atoms with Crippen LogP contribution in [0.5, 0.6) is 0 Å². The Hall–Kier alpha value is -2.03. The maximum atomic E-state index is 12.3. The van der Waals surface area contributed by atoms with Crippen LogP contribution >= 0.6 is 11.6 Å². The van der Waals surface area contributed by atoms with Gasteiger partial charge in [0.15, 0.2) is 0 Å². The van der Waals surface area contributed by atoms with Crippen molar-refractivity contribution in [3.8, 4) is 6.07 Å². The number of hydrogen-bond acceptors (Lipinski definition) is 3. The van der Waals surface area contributed by atoms with E-state index < -0.39 is 10.0 Å². The van der Waals surface area contributed by atoms with Crippen molar-refractivity contribution in [3.05, 3.63) is 58.1 Å². The third kappa shape index (κ3) is 3.35. The van der Waals surface area contributed by atoms with Crippen molar-refractivity contribution in [2.75, 3.05) is 4.72 Å². The molecule has 21 heavy (non-hydrogen) atoms. The van der Waals surface area contributed by atoms with Gasteiger partial charge < -0.3 is 0 Å². The van der Waals surface area contributed by atoms with Crippen molar-refractivity contribution < 1.29 is 8.42 Å². The Morgan fingerprint density at radius 3 is 2.43 bits per heavy atom. The van der Waals surface area contributed by atoms with E-state index in [9.17, 15) is 8.42 Å². The van der Waals surface area contributed by atoms with Gasteiger partial charge >= 0.3 is 0 Å². The lowest BCUT2D eigenvalue weighted by molar-refractivity contribution is 0.601. The fraction of sp³-hybridized carbons (Fsp3) is 0.133. The van der Waals surface area contributed by atoms with Crippen LogP contribution in [-0.4, -0.2) is 8.42 Å². The highest BCUT2D eigenvalue weighted by Gasteiger charge is 2.15. The molecule has 2 aromatic rings. The van der Waals surface area contributed by atoms with Crippen LogP contribution in [0.15, 0.2) is 41.3 Å². The zero-order valence-corrected chi connectivity index (χ0v) is 13.1. The number of nitrogens with zero attached hydrogens (tertiary/aromatic N) is 1. The molecule has 0 saturated carbocycles. The van der Waals surface area contributed by atoms with Gasteiger partial charge in [-0.15, -0.1) is 0 Å². The van der Waals surface area contributed by atoms with Crippen molar-refractivity contribution in [2.45, 2.75) is 18.7 Å². The molecule has 0 atom stereocenters. The zero-order chi connectivity index (χ0) is 15.6. The van der Waals surface area contributed by atoms with E-state index in [0.29, 0.717) is 5.69 Å². The highest BCUT2D eigenvalue weighted by atomic mass is 35.5. The molecule has 4 nitrogen and oxygen atoms in total. The van der Waals surface area contributed by atoms with Crippen molar-refractivity contribution in [1.82, 2.24) is 0 Å². The summed E-state index contributed by atoms with van der Waals surface area (Å²) in [6.07, 6.45) is 0. The summed E-state index contributed by atoms with van der Waals surface area (Å²) in [4.78, 5) is 0.180. The number of hydrogen-bond donors (Lipinski definition) is 1. The minimum Gasteiger partial charge on any atom is -0.280 e. The van der Waals surface area contributed by atoms with E-state index in [4.69, 9.17) is 16.9 Å². The minimum absolute atomic E-state index is 0.180. The molecule has 0 bridgehead atoms. The summed E-state index contributed by atoms with van der Waals surface area (Å²) >= 11 is 5.82. The lowest BCUT2D eigenvalue weighted by Crippen LogP contribution is -2.13. The van der Waals surface area contributed by atoms with E-state index >= 15 is 0 Å². The maximum Gasteiger partial charge on any atom is 0.261 e. The highest BCUT2D eigenvalue weighted by molar-refractivity contribution is 7.92. The molecule has 2 rings (SSSR count). The SMILES string of the molecule is Cc1ccc(S(=O)(=O)Nc2ccc(Cl)c(C#N)c2)cc1C. The molecule has 6 heteroatoms. The first-order valence-corrected chi connectivity index (χ1v) is 7.99. The summed E-state index contributed by atoms with van der Waals surface area (Å²) in [5, 5.41) is 9.20. The average molecular weight is 321 g/mol. The third-order valence-corrected chi connectivity index (χ3v) is 4.84. The van der Waals surface area contributed by atoms with Crippen LogP contribution in [0.2, 0.25) is 5.02 Å². The number of aryl methyl sites for hydroxylation is 2. The fourth-order valence-corrected chi connectivity index (χ4v) is 3.06. The molecule has 2 aromatic carbocycles. The van der Waals surface area contributed by atoms with Crippen molar-refractivity contribution >= 4 is 27.3 Å². The lowest BCUT2D eigenvalue weighted by atomic mass is 10.1. The quantitative estimate of drug-likeness (QED) is 0.938. The fourth-order valence-electron chi connectivity index (χ4n) is 1.77. The predicted octanol–water partition coefficient (Wildman–Crippen LogP) is 3.63. The van der Waals surface area contributed by atoms with Gasteiger partial charge in [-0.1, -0.05) is 17.7 Å². The number of sulfonamides is 1. The van der Waals surface area contributed by atoms with E-state index in [1.165, 1.54) is 18.2 Å². The van der Waals surface area contributed by atoms with Crippen LogP contribution < -0.4 is 4.72 Å². The van der Waals surface area contributed by atoms with Crippen LogP contribution in [0, 0.1) is 25.2 Å². The maximum absolute atomic E-state index is 12.3. The molecule has 0 heterocycles. The second-order valence-electron chi connectivity index (χ2n) is 4.66. The molecule has 0 aliphatic heterocycles. The molecule has 0 aliphatic carbocycles. The molecule has 0 saturated heterocycles. The molecule has 0 aromatic heterocycles. The molecule has 108 valence electrons. The summed E-state index contributed by atoms with van der Waals surface area (Å²) < 4.78 is 27.1. The number of benzene rings is 2. The molecule has 0 unspecified atom stereocenters. The summed E-state index contributed by atoms with van der Waals surface area (Å²) in [6.45, 7) is 3.77. The summed E-state index contributed by atoms with van der Waals surface area (Å²) in [7, 11) is -3.69. The monoisotopic (exact) mass is 320 g/mol. The molecular formula is C15H13ClN2O2S. The van der Waals surface area contributed by atoms with E-state index in [1.807, 2.05) is 19.9 Å². The summed E-state index contributed by atoms with van der Waals surface area (Å²) in [6, 6.07) is 11.2. The van der Waals surface area contributed by atoms with Crippen molar-refractivity contribution in [3.63, 3.8) is 0 Å². The van der Waals surface area contributed by atoms with Gasteiger partial charge in [0.05, 0.1) is 21.2 Å². The van der Waals surface area contributed by atoms with Crippen LogP contribution in [0.3, 0.4) is 0 Å². The van der Waals surface area contributed by atoms with Gasteiger partial charge in [0.1, 0.15) is 6.07 Å². The third-order valence-electron chi connectivity index (χ3n) is 3.13. The zero-order valence-electron chi connectivity index (χ0n) is 11.5. The second-order valence-corrected chi connectivity index (χ2v) is 6.75. The van der Waals surface area contributed by atoms with Gasteiger partial charge in [-0.3, -0.25) is 4.72 Å². The van der Waals surface area contributed by atoms with E-state index in [0.717, 1.165) is 11.1 Å². The van der Waals surface area contributed by atoms with Crippen molar-refractivity contribution in [1.29, 1.82) is 5.26 Å². The molecule has 0 radical (unpaired) electrons. The second kappa shape index (κ2) is 5.76. The Morgan fingerprint density at radius 1 is 1.10 bits per heavy atom. The van der Waals surface area contributed by atoms with E-state index in [1.54, 1.807) is 18.2 Å². The topological polar surface area (TPSA) is 70.0 Å². The normalized spacial score (nSPS) is 11.0. The van der Waals surface area contributed by atoms with Gasteiger partial charge in [0, 0.05) is 0 Å². The molecular weight excluding hydrogens is 308 g/mol. The molecule has 0 spiro atoms. The predicted molar refractivity (Wildman–Crippen MR) is 82.9 cm³/mol. The molecule has 0 amide bonds. The van der Waals surface area contributed by atoms with E-state index in [2.05, 4.69) is 4.72 Å². The Balaban J connectivity index is 2.37. The molecule has 0 fully saturated rings. The first kappa shape index (κ1) is 15.4. The van der Waals surface area contributed by atoms with Crippen LogP contribution in [-0.2, 0) is 10.0 Å². The number of anilines is 1. The van der Waals surface area contributed by atoms with Crippen LogP contribution in [0.1, 0.15) is 16.7 Å². The summed E-state index contributed by atoms with van der Waals surface area (Å²) in [5.74, 6) is 0. The molecule has 0 aliphatic rings. The van der Waals surface area contributed by atoms with E-state index in [-0.39, 0.29) is 15.5 Å². The lowest BCUT2D eigenvalue weighted by Gasteiger charge is -2.10. The Kier molecular flexibility index (Phi) is 4.21. The van der Waals surface area contributed by atoms with Gasteiger partial charge in [-0.2, -0.15) is 5.26 Å². The van der Waals surface area contributed by atoms with Crippen LogP contribution in [0.25, 0.3) is 0 Å². The molecule has 1 N–H and O–H groups in total. The first-order chi connectivity index (χ1) is 9.83. The highest BCUT2D eigenvalue weighted by Crippen LogP contribution is 2.23. The summed E-state index contributed by atoms with van der Waals surface area (Å²) in [5.41, 5.74) is 2.44. The number of rotatable bonds is 3. The average Bonchev–Trinajstić information content (AvgIpc) is 2.43. The van der Waals surface area contributed by atoms with Gasteiger partial charge in [-0.25, -0.2) is 8.42 Å². The smallest absolute Gasteiger partial charge is 0.261 e. The van der Waals surface area contributed by atoms with Gasteiger partial charge in [0.2, 0.25) is 0 Å². The van der Waals surface area contributed by atoms with Gasteiger partial charge in [0.25, 0.3) is 10.0 Å². The number of nitrogens with one attached hydrogen (secondary N) is 1. The van der Waals surface area contributed by atoms with Gasteiger partial charge in [-0.05, 0) is 55.3 Å². The first-order valence-electron chi connectivity index (χ1n) is 6.13. The standard InChI is InChI=1S/C15H13ClN2O2S/c1-10-3-5-14(7-11(10)2)21(19,20)18-13-4-6-15(16)12(8-13)9-17/h3-8,18H,1-2H3. The van der Waals surface area contributed by atoms with Crippen LogP contribution in [0.4, 0.5) is 5.69 Å². The number of halogens is 1. The Labute approximate surface area is 129 Å². The largest absolute Gasteiger partial charge is 0.280 e. The van der Waals surface area contributed by atoms with Crippen molar-refractivity contribution in [2.24, 2.45) is 0 Å². The number of nitriles is 1.